The summed E-state index contributed by atoms with van der Waals surface area (Å²) in [7, 11) is 0. The molecule has 0 spiro atoms. The zero-order valence-electron chi connectivity index (χ0n) is 16.8. The van der Waals surface area contributed by atoms with Crippen LogP contribution >= 0.6 is 0 Å². The number of hydrogen-bond donors (Lipinski definition) is 3. The number of aryl methyl sites for hydroxylation is 1. The van der Waals surface area contributed by atoms with Crippen LogP contribution in [0.5, 0.6) is 0 Å². The van der Waals surface area contributed by atoms with Crippen molar-refractivity contribution < 1.29 is 15.3 Å². The Labute approximate surface area is 171 Å². The van der Waals surface area contributed by atoms with Gasteiger partial charge in [0.25, 0.3) is 0 Å². The normalized spacial score (nSPS) is 22.0. The molecule has 0 aliphatic heterocycles. The first-order chi connectivity index (χ1) is 14.0. The number of aliphatic hydroxyl groups excluding tert-OH is 2. The van der Waals surface area contributed by atoms with Crippen LogP contribution in [-0.2, 0) is 18.6 Å². The lowest BCUT2D eigenvalue weighted by atomic mass is 9.81. The van der Waals surface area contributed by atoms with Crippen molar-refractivity contribution in [3.63, 3.8) is 0 Å². The lowest BCUT2D eigenvalue weighted by Gasteiger charge is -2.32. The van der Waals surface area contributed by atoms with Crippen LogP contribution in [0.15, 0.2) is 54.6 Å². The molecule has 5 heteroatoms. The highest BCUT2D eigenvalue weighted by Crippen LogP contribution is 2.38. The van der Waals surface area contributed by atoms with Gasteiger partial charge in [0.2, 0.25) is 0 Å². The Balaban J connectivity index is 1.79. The average Bonchev–Trinajstić information content (AvgIpc) is 3.22. The highest BCUT2D eigenvalue weighted by atomic mass is 16.3. The van der Waals surface area contributed by atoms with Crippen LogP contribution in [0.4, 0.5) is 0 Å². The number of aromatic nitrogens is 2. The van der Waals surface area contributed by atoms with Crippen molar-refractivity contribution in [1.29, 1.82) is 0 Å². The molecule has 3 N–H and O–H groups in total. The molecule has 0 amide bonds. The van der Waals surface area contributed by atoms with E-state index < -0.39 is 5.60 Å². The fourth-order valence-corrected chi connectivity index (χ4v) is 4.00. The van der Waals surface area contributed by atoms with Crippen molar-refractivity contribution in [3.05, 3.63) is 71.4 Å². The van der Waals surface area contributed by atoms with Crippen LogP contribution < -0.4 is 0 Å². The van der Waals surface area contributed by atoms with Gasteiger partial charge in [-0.2, -0.15) is 5.10 Å². The van der Waals surface area contributed by atoms with Crippen molar-refractivity contribution in [2.75, 3.05) is 0 Å². The summed E-state index contributed by atoms with van der Waals surface area (Å²) in [6.07, 6.45) is 2.80. The summed E-state index contributed by atoms with van der Waals surface area (Å²) < 4.78 is 1.86. The minimum absolute atomic E-state index is 0.00193. The minimum Gasteiger partial charge on any atom is -0.393 e. The van der Waals surface area contributed by atoms with Crippen molar-refractivity contribution in [1.82, 2.24) is 9.78 Å². The van der Waals surface area contributed by atoms with E-state index in [0.29, 0.717) is 31.4 Å². The maximum atomic E-state index is 11.2. The second-order valence-electron chi connectivity index (χ2n) is 7.96. The maximum absolute atomic E-state index is 11.2. The monoisotopic (exact) mass is 392 g/mol. The zero-order valence-corrected chi connectivity index (χ0v) is 16.8. The van der Waals surface area contributed by atoms with Gasteiger partial charge in [-0.05, 0) is 61.4 Å². The van der Waals surface area contributed by atoms with Crippen LogP contribution in [0.3, 0.4) is 0 Å². The molecule has 152 valence electrons. The predicted octanol–water partition coefficient (Wildman–Crippen LogP) is 3.72. The highest BCUT2D eigenvalue weighted by molar-refractivity contribution is 5.63. The van der Waals surface area contributed by atoms with Gasteiger partial charge in [-0.15, -0.1) is 0 Å². The molecule has 1 fully saturated rings. The fraction of sp³-hybridized carbons (Fsp3) is 0.375. The number of aliphatic hydroxyl groups is 3. The standard InChI is InChI=1S/C24H28N2O3/c1-2-17-3-7-19(8-4-17)22-15-23(24(29)13-11-21(28)12-14-24)25-26(22)20-9-5-18(16-27)6-10-20/h3-10,15,21,27-29H,2,11-14,16H2,1H3. The Hall–Kier alpha value is -2.47. The Morgan fingerprint density at radius 1 is 1.00 bits per heavy atom. The molecule has 4 rings (SSSR count). The van der Waals surface area contributed by atoms with Crippen LogP contribution in [0.2, 0.25) is 0 Å². The minimum atomic E-state index is -1.02. The molecule has 1 aliphatic rings. The first-order valence-electron chi connectivity index (χ1n) is 10.3. The molecule has 0 bridgehead atoms. The summed E-state index contributed by atoms with van der Waals surface area (Å²) in [6, 6.07) is 18.0. The van der Waals surface area contributed by atoms with Gasteiger partial charge in [0.1, 0.15) is 5.60 Å². The summed E-state index contributed by atoms with van der Waals surface area (Å²) in [5.41, 5.74) is 4.56. The van der Waals surface area contributed by atoms with Gasteiger partial charge in [0.05, 0.1) is 29.8 Å². The first-order valence-corrected chi connectivity index (χ1v) is 10.3. The smallest absolute Gasteiger partial charge is 0.109 e. The lowest BCUT2D eigenvalue weighted by Crippen LogP contribution is -2.33. The number of benzene rings is 2. The second kappa shape index (κ2) is 8.11. The quantitative estimate of drug-likeness (QED) is 0.618. The topological polar surface area (TPSA) is 78.5 Å². The summed E-state index contributed by atoms with van der Waals surface area (Å²) >= 11 is 0. The van der Waals surface area contributed by atoms with Gasteiger partial charge < -0.3 is 15.3 Å². The Kier molecular flexibility index (Phi) is 5.54. The van der Waals surface area contributed by atoms with Crippen LogP contribution in [-0.4, -0.2) is 31.2 Å². The van der Waals surface area contributed by atoms with E-state index >= 15 is 0 Å². The van der Waals surface area contributed by atoms with Gasteiger partial charge in [0, 0.05) is 5.56 Å². The van der Waals surface area contributed by atoms with Crippen LogP contribution in [0.25, 0.3) is 16.9 Å². The average molecular weight is 392 g/mol. The molecular formula is C24H28N2O3. The van der Waals surface area contributed by atoms with Crippen molar-refractivity contribution >= 4 is 0 Å². The molecule has 1 heterocycles. The predicted molar refractivity (Wildman–Crippen MR) is 113 cm³/mol. The van der Waals surface area contributed by atoms with Gasteiger partial charge in [-0.25, -0.2) is 4.68 Å². The summed E-state index contributed by atoms with van der Waals surface area (Å²) in [6.45, 7) is 2.13. The molecule has 0 saturated heterocycles. The fourth-order valence-electron chi connectivity index (χ4n) is 4.00. The highest BCUT2D eigenvalue weighted by Gasteiger charge is 2.37. The van der Waals surface area contributed by atoms with Crippen molar-refractivity contribution in [2.45, 2.75) is 57.3 Å². The molecule has 2 aromatic carbocycles. The van der Waals surface area contributed by atoms with E-state index in [1.54, 1.807) is 0 Å². The molecule has 0 radical (unpaired) electrons. The van der Waals surface area contributed by atoms with E-state index in [1.807, 2.05) is 35.0 Å². The molecule has 1 aliphatic carbocycles. The molecule has 1 saturated carbocycles. The third-order valence-electron chi connectivity index (χ3n) is 5.99. The van der Waals surface area contributed by atoms with E-state index in [2.05, 4.69) is 31.2 Å². The summed E-state index contributed by atoms with van der Waals surface area (Å²) in [5.74, 6) is 0. The second-order valence-corrected chi connectivity index (χ2v) is 7.96. The largest absolute Gasteiger partial charge is 0.393 e. The Morgan fingerprint density at radius 2 is 1.62 bits per heavy atom. The van der Waals surface area contributed by atoms with Gasteiger partial charge in [0.15, 0.2) is 0 Å². The van der Waals surface area contributed by atoms with E-state index in [9.17, 15) is 15.3 Å². The molecule has 0 atom stereocenters. The zero-order chi connectivity index (χ0) is 20.4. The molecule has 0 unspecified atom stereocenters. The van der Waals surface area contributed by atoms with E-state index in [1.165, 1.54) is 5.56 Å². The molecule has 5 nitrogen and oxygen atoms in total. The third-order valence-corrected chi connectivity index (χ3v) is 5.99. The molecule has 3 aromatic rings. The van der Waals surface area contributed by atoms with Crippen molar-refractivity contribution in [3.8, 4) is 16.9 Å². The van der Waals surface area contributed by atoms with Crippen molar-refractivity contribution in [2.24, 2.45) is 0 Å². The van der Waals surface area contributed by atoms with Crippen LogP contribution in [0.1, 0.15) is 49.4 Å². The Morgan fingerprint density at radius 3 is 2.21 bits per heavy atom. The number of nitrogens with zero attached hydrogens (tertiary/aromatic N) is 2. The van der Waals surface area contributed by atoms with Gasteiger partial charge >= 0.3 is 0 Å². The van der Waals surface area contributed by atoms with E-state index in [0.717, 1.165) is 28.9 Å². The third kappa shape index (κ3) is 3.99. The molecular weight excluding hydrogens is 364 g/mol. The Bertz CT molecular complexity index is 888. The van der Waals surface area contributed by atoms with Gasteiger partial charge in [-0.1, -0.05) is 43.3 Å². The maximum Gasteiger partial charge on any atom is 0.109 e. The van der Waals surface area contributed by atoms with Crippen LogP contribution in [0, 0.1) is 0 Å². The SMILES string of the molecule is CCc1ccc(-c2cc(C3(O)CCC(O)CC3)nn2-c2ccc(CO)cc2)cc1. The number of rotatable bonds is 5. The summed E-state index contributed by atoms with van der Waals surface area (Å²) in [4.78, 5) is 0. The van der Waals surface area contributed by atoms with E-state index in [4.69, 9.17) is 5.10 Å². The lowest BCUT2D eigenvalue weighted by molar-refractivity contribution is -0.0393. The first kappa shape index (κ1) is 19.8. The van der Waals surface area contributed by atoms with E-state index in [-0.39, 0.29) is 12.7 Å². The molecule has 29 heavy (non-hydrogen) atoms. The summed E-state index contributed by atoms with van der Waals surface area (Å²) in [5, 5.41) is 35.2. The number of hydrogen-bond acceptors (Lipinski definition) is 4. The van der Waals surface area contributed by atoms with Gasteiger partial charge in [-0.3, -0.25) is 0 Å². The molecule has 1 aromatic heterocycles.